The predicted octanol–water partition coefficient (Wildman–Crippen LogP) is 2.80. The summed E-state index contributed by atoms with van der Waals surface area (Å²) in [7, 11) is 0. The molecule has 144 valence electrons. The second-order valence-electron chi connectivity index (χ2n) is 7.56. The lowest BCUT2D eigenvalue weighted by Crippen LogP contribution is -2.46. The average Bonchev–Trinajstić information content (AvgIpc) is 3.31. The van der Waals surface area contributed by atoms with Gasteiger partial charge in [0.15, 0.2) is 0 Å². The molecule has 1 aromatic carbocycles. The summed E-state index contributed by atoms with van der Waals surface area (Å²) >= 11 is 0. The Morgan fingerprint density at radius 3 is 3.00 bits per heavy atom. The monoisotopic (exact) mass is 380 g/mol. The summed E-state index contributed by atoms with van der Waals surface area (Å²) in [5.74, 6) is 2.41. The zero-order valence-electron chi connectivity index (χ0n) is 15.5. The standard InChI is InChI=1S/C20H28N2O3.ClH/c1-3-24-19-8-13-7-12(2)25-18(13)10-16(19)15-9-17(15)20(23)22-14-5-4-6-21-11-14;/h8,10,12,14-15,17,21H,3-7,9,11H2,1-2H3,(H,22,23);1H/t12?,14-,15?,17?;/m0./s1. The molecule has 0 bridgehead atoms. The van der Waals surface area contributed by atoms with Crippen LogP contribution >= 0.6 is 12.4 Å². The van der Waals surface area contributed by atoms with Crippen molar-refractivity contribution in [2.24, 2.45) is 5.92 Å². The minimum Gasteiger partial charge on any atom is -0.494 e. The van der Waals surface area contributed by atoms with Crippen molar-refractivity contribution in [3.05, 3.63) is 23.3 Å². The molecule has 1 saturated carbocycles. The molecule has 2 aliphatic heterocycles. The second kappa shape index (κ2) is 8.05. The summed E-state index contributed by atoms with van der Waals surface area (Å²) in [5, 5.41) is 6.57. The zero-order valence-corrected chi connectivity index (χ0v) is 16.4. The zero-order chi connectivity index (χ0) is 17.4. The first kappa shape index (κ1) is 19.3. The van der Waals surface area contributed by atoms with Crippen molar-refractivity contribution < 1.29 is 14.3 Å². The molecule has 26 heavy (non-hydrogen) atoms. The number of ether oxygens (including phenoxy) is 2. The van der Waals surface area contributed by atoms with E-state index in [9.17, 15) is 4.79 Å². The molecule has 6 heteroatoms. The first-order valence-electron chi connectivity index (χ1n) is 9.63. The number of hydrogen-bond acceptors (Lipinski definition) is 4. The van der Waals surface area contributed by atoms with Crippen molar-refractivity contribution in [3.8, 4) is 11.5 Å². The lowest BCUT2D eigenvalue weighted by atomic mass is 10.0. The lowest BCUT2D eigenvalue weighted by molar-refractivity contribution is -0.123. The van der Waals surface area contributed by atoms with Gasteiger partial charge >= 0.3 is 0 Å². The van der Waals surface area contributed by atoms with Gasteiger partial charge in [-0.05, 0) is 51.8 Å². The van der Waals surface area contributed by atoms with E-state index in [4.69, 9.17) is 9.47 Å². The van der Waals surface area contributed by atoms with Crippen molar-refractivity contribution in [1.82, 2.24) is 10.6 Å². The van der Waals surface area contributed by atoms with Crippen molar-refractivity contribution in [2.45, 2.75) is 57.6 Å². The van der Waals surface area contributed by atoms with Gasteiger partial charge in [-0.2, -0.15) is 0 Å². The third-order valence-corrected chi connectivity index (χ3v) is 5.50. The number of halogens is 1. The van der Waals surface area contributed by atoms with Gasteiger partial charge in [0.05, 0.1) is 6.61 Å². The molecular formula is C20H29ClN2O3. The molecule has 1 aliphatic carbocycles. The highest BCUT2D eigenvalue weighted by atomic mass is 35.5. The number of fused-ring (bicyclic) bond motifs is 1. The van der Waals surface area contributed by atoms with Crippen LogP contribution in [0.4, 0.5) is 0 Å². The summed E-state index contributed by atoms with van der Waals surface area (Å²) in [5.41, 5.74) is 2.35. The van der Waals surface area contributed by atoms with E-state index in [1.807, 2.05) is 6.92 Å². The van der Waals surface area contributed by atoms with E-state index in [0.29, 0.717) is 6.61 Å². The Morgan fingerprint density at radius 1 is 1.42 bits per heavy atom. The summed E-state index contributed by atoms with van der Waals surface area (Å²) in [6.07, 6.45) is 4.26. The fourth-order valence-corrected chi connectivity index (χ4v) is 4.14. The fourth-order valence-electron chi connectivity index (χ4n) is 4.14. The van der Waals surface area contributed by atoms with E-state index in [2.05, 4.69) is 29.7 Å². The molecule has 3 unspecified atom stereocenters. The van der Waals surface area contributed by atoms with E-state index < -0.39 is 0 Å². The Kier molecular flexibility index (Phi) is 5.98. The van der Waals surface area contributed by atoms with Gasteiger partial charge in [0.25, 0.3) is 0 Å². The van der Waals surface area contributed by atoms with Crippen molar-refractivity contribution in [1.29, 1.82) is 0 Å². The van der Waals surface area contributed by atoms with Crippen LogP contribution in [0.25, 0.3) is 0 Å². The summed E-state index contributed by atoms with van der Waals surface area (Å²) in [6, 6.07) is 4.51. The molecule has 0 radical (unpaired) electrons. The Hall–Kier alpha value is -1.46. The van der Waals surface area contributed by atoms with Crippen LogP contribution in [0.2, 0.25) is 0 Å². The van der Waals surface area contributed by atoms with Crippen LogP contribution in [0.1, 0.15) is 50.2 Å². The maximum Gasteiger partial charge on any atom is 0.224 e. The van der Waals surface area contributed by atoms with Crippen LogP contribution in [0.15, 0.2) is 12.1 Å². The molecule has 5 nitrogen and oxygen atoms in total. The lowest BCUT2D eigenvalue weighted by Gasteiger charge is -2.24. The Morgan fingerprint density at radius 2 is 2.27 bits per heavy atom. The maximum atomic E-state index is 12.6. The molecular weight excluding hydrogens is 352 g/mol. The molecule has 1 saturated heterocycles. The summed E-state index contributed by atoms with van der Waals surface area (Å²) in [4.78, 5) is 12.6. The maximum absolute atomic E-state index is 12.6. The van der Waals surface area contributed by atoms with Crippen LogP contribution in [0.5, 0.6) is 11.5 Å². The summed E-state index contributed by atoms with van der Waals surface area (Å²) in [6.45, 7) is 6.68. The normalized spacial score (nSPS) is 29.2. The van der Waals surface area contributed by atoms with Crippen LogP contribution in [0, 0.1) is 5.92 Å². The topological polar surface area (TPSA) is 59.6 Å². The van der Waals surface area contributed by atoms with Crippen molar-refractivity contribution >= 4 is 18.3 Å². The Balaban J connectivity index is 0.00000196. The Bertz CT molecular complexity index is 661. The molecule has 4 rings (SSSR count). The van der Waals surface area contributed by atoms with Crippen LogP contribution < -0.4 is 20.1 Å². The summed E-state index contributed by atoms with van der Waals surface area (Å²) < 4.78 is 11.8. The third kappa shape index (κ3) is 3.94. The molecule has 2 heterocycles. The highest BCUT2D eigenvalue weighted by molar-refractivity contribution is 5.85. The van der Waals surface area contributed by atoms with E-state index in [-0.39, 0.29) is 42.3 Å². The molecule has 0 aromatic heterocycles. The van der Waals surface area contributed by atoms with Gasteiger partial charge in [-0.25, -0.2) is 0 Å². The van der Waals surface area contributed by atoms with Crippen molar-refractivity contribution in [3.63, 3.8) is 0 Å². The molecule has 1 aromatic rings. The van der Waals surface area contributed by atoms with Gasteiger partial charge in [0.2, 0.25) is 5.91 Å². The van der Waals surface area contributed by atoms with Gasteiger partial charge < -0.3 is 20.1 Å². The largest absolute Gasteiger partial charge is 0.494 e. The number of carbonyl (C=O) groups excluding carboxylic acids is 1. The highest BCUT2D eigenvalue weighted by Gasteiger charge is 2.46. The SMILES string of the molecule is CCOc1cc2c(cc1C1CC1C(=O)N[C@H]1CCCNC1)OC(C)C2.Cl. The first-order valence-corrected chi connectivity index (χ1v) is 9.63. The smallest absolute Gasteiger partial charge is 0.224 e. The van der Waals surface area contributed by atoms with Crippen LogP contribution in [-0.4, -0.2) is 37.7 Å². The highest BCUT2D eigenvalue weighted by Crippen LogP contribution is 2.52. The van der Waals surface area contributed by atoms with Crippen molar-refractivity contribution in [2.75, 3.05) is 19.7 Å². The number of carbonyl (C=O) groups is 1. The van der Waals surface area contributed by atoms with E-state index in [1.54, 1.807) is 0 Å². The molecule has 0 spiro atoms. The Labute approximate surface area is 161 Å². The molecule has 3 aliphatic rings. The first-order chi connectivity index (χ1) is 12.2. The second-order valence-corrected chi connectivity index (χ2v) is 7.56. The van der Waals surface area contributed by atoms with E-state index in [0.717, 1.165) is 55.8 Å². The van der Waals surface area contributed by atoms with E-state index in [1.165, 1.54) is 5.56 Å². The average molecular weight is 381 g/mol. The van der Waals surface area contributed by atoms with Gasteiger partial charge in [-0.15, -0.1) is 12.4 Å². The van der Waals surface area contributed by atoms with Gasteiger partial charge in [0.1, 0.15) is 17.6 Å². The minimum atomic E-state index is 0. The van der Waals surface area contributed by atoms with Gasteiger partial charge in [0, 0.05) is 42.0 Å². The number of benzene rings is 1. The molecule has 2 N–H and O–H groups in total. The van der Waals surface area contributed by atoms with Crippen LogP contribution in [-0.2, 0) is 11.2 Å². The van der Waals surface area contributed by atoms with Crippen LogP contribution in [0.3, 0.4) is 0 Å². The molecule has 4 atom stereocenters. The van der Waals surface area contributed by atoms with E-state index >= 15 is 0 Å². The number of nitrogens with one attached hydrogen (secondary N) is 2. The number of amides is 1. The molecule has 2 fully saturated rings. The number of piperidine rings is 1. The predicted molar refractivity (Wildman–Crippen MR) is 104 cm³/mol. The quantitative estimate of drug-likeness (QED) is 0.824. The molecule has 1 amide bonds. The number of rotatable bonds is 5. The minimum absolute atomic E-state index is 0. The van der Waals surface area contributed by atoms with Gasteiger partial charge in [-0.1, -0.05) is 0 Å². The third-order valence-electron chi connectivity index (χ3n) is 5.50. The number of hydrogen-bond donors (Lipinski definition) is 2. The van der Waals surface area contributed by atoms with Gasteiger partial charge in [-0.3, -0.25) is 4.79 Å². The fraction of sp³-hybridized carbons (Fsp3) is 0.650.